The Balaban J connectivity index is 1.86. The molecule has 7 nitrogen and oxygen atoms in total. The number of carboxylic acid groups (broad SMARTS) is 1. The van der Waals surface area contributed by atoms with Crippen molar-refractivity contribution in [2.24, 2.45) is 5.92 Å². The fourth-order valence-electron chi connectivity index (χ4n) is 6.30. The predicted octanol–water partition coefficient (Wildman–Crippen LogP) is 8.04. The summed E-state index contributed by atoms with van der Waals surface area (Å²) < 4.78 is 90.0. The van der Waals surface area contributed by atoms with Crippen LogP contribution in [-0.4, -0.2) is 26.5 Å². The predicted molar refractivity (Wildman–Crippen MR) is 183 cm³/mol. The number of carboxylic acids is 1. The summed E-state index contributed by atoms with van der Waals surface area (Å²) in [5.74, 6) is -0.782. The lowest BCUT2D eigenvalue weighted by molar-refractivity contribution is -0.139. The minimum Gasteiger partial charge on any atom is -0.481 e. The van der Waals surface area contributed by atoms with Crippen LogP contribution in [0.1, 0.15) is 84.8 Å². The van der Waals surface area contributed by atoms with Crippen LogP contribution in [0.2, 0.25) is 0 Å². The second-order valence-electron chi connectivity index (χ2n) is 12.9. The lowest BCUT2D eigenvalue weighted by Crippen LogP contribution is -2.41. The first-order chi connectivity index (χ1) is 24.4. The number of aryl methyl sites for hydroxylation is 4. The molecule has 0 spiro atoms. The maximum Gasteiger partial charge on any atom is 0.416 e. The fourth-order valence-corrected chi connectivity index (χ4v) is 6.30. The van der Waals surface area contributed by atoms with Gasteiger partial charge in [-0.05, 0) is 98.5 Å². The van der Waals surface area contributed by atoms with E-state index in [1.807, 2.05) is 0 Å². The van der Waals surface area contributed by atoms with E-state index in [1.165, 1.54) is 27.0 Å². The van der Waals surface area contributed by atoms with Gasteiger partial charge in [0.15, 0.2) is 0 Å². The Labute approximate surface area is 296 Å². The number of aliphatic carboxylic acids is 1. The third kappa shape index (κ3) is 9.09. The Morgan fingerprint density at radius 3 is 2.23 bits per heavy atom. The molecular weight excluding hydrogens is 688 g/mol. The van der Waals surface area contributed by atoms with Crippen molar-refractivity contribution in [1.82, 2.24) is 14.9 Å². The molecule has 2 N–H and O–H groups in total. The summed E-state index contributed by atoms with van der Waals surface area (Å²) >= 11 is 0. The molecule has 0 bridgehead atoms. The minimum atomic E-state index is -4.90. The summed E-state index contributed by atoms with van der Waals surface area (Å²) in [6.45, 7) is 7.84. The molecule has 4 aromatic rings. The van der Waals surface area contributed by atoms with Gasteiger partial charge in [0.25, 0.3) is 5.56 Å². The molecule has 0 radical (unpaired) electrons. The van der Waals surface area contributed by atoms with Crippen molar-refractivity contribution in [2.45, 2.75) is 78.6 Å². The van der Waals surface area contributed by atoms with Gasteiger partial charge in [0.1, 0.15) is 23.5 Å². The van der Waals surface area contributed by atoms with E-state index in [1.54, 1.807) is 32.0 Å². The van der Waals surface area contributed by atoms with Crippen molar-refractivity contribution in [3.63, 3.8) is 0 Å². The van der Waals surface area contributed by atoms with Gasteiger partial charge in [-0.25, -0.2) is 13.2 Å². The number of halogens is 6. The van der Waals surface area contributed by atoms with Gasteiger partial charge in [-0.1, -0.05) is 25.8 Å². The number of carbonyl (C=O) groups excluding carboxylic acids is 1. The number of hydrogen-bond donors (Lipinski definition) is 2. The van der Waals surface area contributed by atoms with Gasteiger partial charge in [-0.15, -0.1) is 5.92 Å². The van der Waals surface area contributed by atoms with Crippen molar-refractivity contribution in [1.29, 1.82) is 0 Å². The summed E-state index contributed by atoms with van der Waals surface area (Å²) in [6, 6.07) is 5.18. The highest BCUT2D eigenvalue weighted by atomic mass is 19.4. The summed E-state index contributed by atoms with van der Waals surface area (Å²) in [5.41, 5.74) is -2.56. The number of hydrogen-bond acceptors (Lipinski definition) is 4. The smallest absolute Gasteiger partial charge is 0.416 e. The first kappa shape index (κ1) is 39.4. The van der Waals surface area contributed by atoms with E-state index in [2.05, 4.69) is 22.1 Å². The largest absolute Gasteiger partial charge is 0.481 e. The average Bonchev–Trinajstić information content (AvgIpc) is 3.03. The van der Waals surface area contributed by atoms with Crippen LogP contribution >= 0.6 is 0 Å². The second-order valence-corrected chi connectivity index (χ2v) is 12.9. The molecule has 0 fully saturated rings. The van der Waals surface area contributed by atoms with Gasteiger partial charge in [-0.3, -0.25) is 19.4 Å². The summed E-state index contributed by atoms with van der Waals surface area (Å²) in [5, 5.41) is 12.2. The first-order valence-corrected chi connectivity index (χ1v) is 16.4. The number of aromatic nitrogens is 2. The Morgan fingerprint density at radius 1 is 1.00 bits per heavy atom. The lowest BCUT2D eigenvalue weighted by atomic mass is 9.88. The highest BCUT2D eigenvalue weighted by Gasteiger charge is 2.36. The molecule has 274 valence electrons. The molecule has 0 saturated carbocycles. The molecule has 52 heavy (non-hydrogen) atoms. The quantitative estimate of drug-likeness (QED) is 0.114. The maximum atomic E-state index is 16.7. The Bertz CT molecular complexity index is 2080. The number of rotatable bonds is 12. The van der Waals surface area contributed by atoms with E-state index in [9.17, 15) is 37.1 Å². The number of carbonyl (C=O) groups is 2. The first-order valence-electron chi connectivity index (χ1n) is 16.4. The van der Waals surface area contributed by atoms with Crippen molar-refractivity contribution in [2.75, 3.05) is 0 Å². The molecule has 1 amide bonds. The summed E-state index contributed by atoms with van der Waals surface area (Å²) in [6.07, 6.45) is -3.70. The third-order valence-electron chi connectivity index (χ3n) is 8.48. The normalized spacial score (nSPS) is 12.6. The summed E-state index contributed by atoms with van der Waals surface area (Å²) in [4.78, 5) is 43.5. The summed E-state index contributed by atoms with van der Waals surface area (Å²) in [7, 11) is 0. The molecular formula is C39H37F6N3O4. The molecule has 13 heteroatoms. The van der Waals surface area contributed by atoms with Crippen LogP contribution in [-0.2, 0) is 28.6 Å². The number of nitrogens with zero attached hydrogens (tertiary/aromatic N) is 2. The van der Waals surface area contributed by atoms with Crippen LogP contribution in [0.4, 0.5) is 26.3 Å². The highest BCUT2D eigenvalue weighted by molar-refractivity contribution is 5.83. The SMILES string of the molecule is CC#Cc1cc(F)c([C@@H](CC(=O)O)NC(=O)[C@@H](CC(C)C)n2cc(CCc3ccccn3)c(C(F)(F)F)cc2=O)c(F)c1-c1c(C)cc(F)cc1C. The van der Waals surface area contributed by atoms with Crippen molar-refractivity contribution < 1.29 is 41.0 Å². The van der Waals surface area contributed by atoms with E-state index in [0.29, 0.717) is 11.8 Å². The Hall–Kier alpha value is -5.38. The molecule has 0 aliphatic heterocycles. The van der Waals surface area contributed by atoms with Crippen LogP contribution in [0.5, 0.6) is 0 Å². The minimum absolute atomic E-state index is 0.0795. The number of nitrogens with one attached hydrogen (secondary N) is 1. The molecule has 0 aliphatic carbocycles. The standard InChI is InChI=1S/C39H37F6N3O4/c1-6-9-24-17-29(41)36(37(42)35(24)34-22(4)15-26(40)16-23(34)5)30(19-33(50)51)47-38(52)31(14-21(2)3)48-20-25(11-12-27-10-7-8-13-46-27)28(18-32(48)49)39(43,44)45/h7-8,10,13,15-18,20-21,30-31H,11-12,14,19H2,1-5H3,(H,47,52)(H,50,51)/t30-,31-/m1/s1. The monoisotopic (exact) mass is 725 g/mol. The van der Waals surface area contributed by atoms with Crippen molar-refractivity contribution in [3.8, 4) is 23.0 Å². The third-order valence-corrected chi connectivity index (χ3v) is 8.48. The van der Waals surface area contributed by atoms with Gasteiger partial charge in [0, 0.05) is 40.8 Å². The molecule has 4 rings (SSSR count). The molecule has 0 unspecified atom stereocenters. The van der Waals surface area contributed by atoms with Crippen LogP contribution in [0.3, 0.4) is 0 Å². The van der Waals surface area contributed by atoms with E-state index in [4.69, 9.17) is 0 Å². The van der Waals surface area contributed by atoms with Gasteiger partial charge >= 0.3 is 12.1 Å². The van der Waals surface area contributed by atoms with Crippen molar-refractivity contribution >= 4 is 11.9 Å². The molecule has 2 atom stereocenters. The topological polar surface area (TPSA) is 101 Å². The van der Waals surface area contributed by atoms with E-state index in [-0.39, 0.29) is 58.6 Å². The number of benzene rings is 2. The number of pyridine rings is 2. The average molecular weight is 726 g/mol. The molecule has 2 aromatic heterocycles. The zero-order chi connectivity index (χ0) is 38.5. The Morgan fingerprint density at radius 2 is 1.67 bits per heavy atom. The zero-order valence-corrected chi connectivity index (χ0v) is 29.1. The zero-order valence-electron chi connectivity index (χ0n) is 29.1. The lowest BCUT2D eigenvalue weighted by Gasteiger charge is -2.27. The number of amides is 1. The highest BCUT2D eigenvalue weighted by Crippen LogP contribution is 2.38. The van der Waals surface area contributed by atoms with E-state index in [0.717, 1.165) is 29.0 Å². The van der Waals surface area contributed by atoms with Gasteiger partial charge in [0.05, 0.1) is 18.0 Å². The van der Waals surface area contributed by atoms with Crippen LogP contribution in [0.25, 0.3) is 11.1 Å². The van der Waals surface area contributed by atoms with E-state index < -0.39 is 70.7 Å². The fraction of sp³-hybridized carbons (Fsp3) is 0.333. The maximum absolute atomic E-state index is 16.7. The van der Waals surface area contributed by atoms with Gasteiger partial charge in [-0.2, -0.15) is 13.2 Å². The second kappa shape index (κ2) is 16.3. The van der Waals surface area contributed by atoms with Crippen LogP contribution in [0.15, 0.2) is 59.7 Å². The molecule has 2 aromatic carbocycles. The van der Waals surface area contributed by atoms with Crippen molar-refractivity contribution in [3.05, 3.63) is 122 Å². The molecule has 2 heterocycles. The van der Waals surface area contributed by atoms with Crippen LogP contribution < -0.4 is 10.9 Å². The van der Waals surface area contributed by atoms with Gasteiger partial charge < -0.3 is 15.0 Å². The molecule has 0 saturated heterocycles. The molecule has 0 aliphatic rings. The van der Waals surface area contributed by atoms with Gasteiger partial charge in [0.2, 0.25) is 5.91 Å². The van der Waals surface area contributed by atoms with E-state index >= 15 is 8.78 Å². The Kier molecular flexibility index (Phi) is 12.4. The number of alkyl halides is 3. The van der Waals surface area contributed by atoms with Crippen LogP contribution in [0, 0.1) is 49.1 Å².